The fourth-order valence-electron chi connectivity index (χ4n) is 5.35. The number of aryl methyl sites for hydroxylation is 2. The number of nitrogens with one attached hydrogen (secondary N) is 2. The molecule has 2 aromatic carbocycles. The van der Waals surface area contributed by atoms with Crippen molar-refractivity contribution in [2.45, 2.75) is 32.9 Å². The Morgan fingerprint density at radius 1 is 1.03 bits per heavy atom. The van der Waals surface area contributed by atoms with Crippen LogP contribution in [-0.2, 0) is 10.0 Å². The Labute approximate surface area is 234 Å². The largest absolute Gasteiger partial charge is 0.495 e. The second-order valence-electron chi connectivity index (χ2n) is 9.70. The Balaban J connectivity index is 1.69. The van der Waals surface area contributed by atoms with Crippen LogP contribution in [0.2, 0.25) is 0 Å². The number of thiocarbonyl (C=S) groups is 1. The summed E-state index contributed by atoms with van der Waals surface area (Å²) in [4.78, 5) is 6.69. The first-order valence-electron chi connectivity index (χ1n) is 12.5. The van der Waals surface area contributed by atoms with Gasteiger partial charge in [0.05, 0.1) is 36.8 Å². The Kier molecular flexibility index (Phi) is 7.09. The van der Waals surface area contributed by atoms with E-state index in [1.54, 1.807) is 18.3 Å². The van der Waals surface area contributed by atoms with Crippen molar-refractivity contribution in [3.05, 3.63) is 101 Å². The molecule has 1 aliphatic rings. The molecule has 0 radical (unpaired) electrons. The van der Waals surface area contributed by atoms with Crippen LogP contribution >= 0.6 is 12.2 Å². The quantitative estimate of drug-likeness (QED) is 0.294. The predicted octanol–water partition coefficient (Wildman–Crippen LogP) is 5.35. The van der Waals surface area contributed by atoms with Crippen molar-refractivity contribution in [3.63, 3.8) is 0 Å². The molecule has 1 saturated heterocycles. The molecule has 0 unspecified atom stereocenters. The molecule has 0 bridgehead atoms. The zero-order chi connectivity index (χ0) is 27.9. The number of hydrogen-bond donors (Lipinski definition) is 2. The van der Waals surface area contributed by atoms with Crippen molar-refractivity contribution < 1.29 is 13.2 Å². The van der Waals surface area contributed by atoms with Gasteiger partial charge in [0.1, 0.15) is 5.75 Å². The van der Waals surface area contributed by atoms with Crippen molar-refractivity contribution >= 4 is 38.7 Å². The minimum absolute atomic E-state index is 0.238. The van der Waals surface area contributed by atoms with Crippen molar-refractivity contribution in [2.24, 2.45) is 0 Å². The van der Waals surface area contributed by atoms with Crippen LogP contribution in [0, 0.1) is 20.8 Å². The highest BCUT2D eigenvalue weighted by Gasteiger charge is 2.42. The Hall–Kier alpha value is -3.89. The highest BCUT2D eigenvalue weighted by molar-refractivity contribution is 7.92. The minimum atomic E-state index is -3.54. The second-order valence-corrected chi connectivity index (χ2v) is 11.8. The molecule has 4 aromatic rings. The van der Waals surface area contributed by atoms with E-state index in [2.05, 4.69) is 58.6 Å². The maximum atomic E-state index is 12.1. The molecule has 3 heterocycles. The summed E-state index contributed by atoms with van der Waals surface area (Å²) in [5.41, 5.74) is 7.50. The number of rotatable bonds is 7. The van der Waals surface area contributed by atoms with Gasteiger partial charge in [-0.05, 0) is 86.6 Å². The van der Waals surface area contributed by atoms with E-state index in [0.29, 0.717) is 16.5 Å². The third kappa shape index (κ3) is 5.09. The monoisotopic (exact) mass is 561 g/mol. The lowest BCUT2D eigenvalue weighted by atomic mass is 9.96. The van der Waals surface area contributed by atoms with Gasteiger partial charge in [0, 0.05) is 29.0 Å². The molecule has 2 atom stereocenters. The number of sulfonamides is 1. The Morgan fingerprint density at radius 3 is 2.44 bits per heavy atom. The molecule has 10 heteroatoms. The molecular weight excluding hydrogens is 530 g/mol. The van der Waals surface area contributed by atoms with E-state index in [0.717, 1.165) is 40.3 Å². The molecule has 5 rings (SSSR count). The van der Waals surface area contributed by atoms with Gasteiger partial charge in [0.15, 0.2) is 5.11 Å². The maximum Gasteiger partial charge on any atom is 0.229 e. The third-order valence-corrected chi connectivity index (χ3v) is 7.91. The van der Waals surface area contributed by atoms with Crippen LogP contribution in [0.1, 0.15) is 40.3 Å². The average molecular weight is 562 g/mol. The number of methoxy groups -OCH3 is 1. The van der Waals surface area contributed by atoms with Gasteiger partial charge >= 0.3 is 0 Å². The Morgan fingerprint density at radius 2 is 1.77 bits per heavy atom. The number of hydrogen-bond acceptors (Lipinski definition) is 5. The van der Waals surface area contributed by atoms with Crippen molar-refractivity contribution in [3.8, 4) is 11.4 Å². The van der Waals surface area contributed by atoms with E-state index in [9.17, 15) is 8.42 Å². The molecule has 8 nitrogen and oxygen atoms in total. The third-order valence-electron chi connectivity index (χ3n) is 7.00. The van der Waals surface area contributed by atoms with Gasteiger partial charge in [-0.3, -0.25) is 9.71 Å². The van der Waals surface area contributed by atoms with Crippen LogP contribution in [0.25, 0.3) is 5.69 Å². The van der Waals surface area contributed by atoms with Gasteiger partial charge in [0.2, 0.25) is 10.0 Å². The summed E-state index contributed by atoms with van der Waals surface area (Å²) in [6, 6.07) is 21.2. The van der Waals surface area contributed by atoms with Crippen molar-refractivity contribution in [1.29, 1.82) is 0 Å². The second kappa shape index (κ2) is 10.3. The lowest BCUT2D eigenvalue weighted by molar-refractivity contribution is 0.417. The molecule has 1 aliphatic heterocycles. The van der Waals surface area contributed by atoms with Gasteiger partial charge in [-0.15, -0.1) is 0 Å². The van der Waals surface area contributed by atoms with E-state index in [4.69, 9.17) is 17.0 Å². The Bertz CT molecular complexity index is 1650. The smallest absolute Gasteiger partial charge is 0.229 e. The number of benzene rings is 2. The van der Waals surface area contributed by atoms with Gasteiger partial charge in [-0.2, -0.15) is 0 Å². The molecule has 2 N–H and O–H groups in total. The number of pyridine rings is 1. The van der Waals surface area contributed by atoms with Crippen LogP contribution in [0.15, 0.2) is 72.9 Å². The standard InChI is InChI=1S/C29H31N5O3S2/c1-18-10-6-7-12-25(18)33-19(2)16-22(20(33)3)28-27(23-11-8-9-15-30-23)31-29(38)34(28)21-13-14-26(37-4)24(17-21)32-39(5,35)36/h6-17,27-28,32H,1-5H3,(H,31,38)/t27-,28-/m0/s1. The highest BCUT2D eigenvalue weighted by atomic mass is 32.2. The van der Waals surface area contributed by atoms with Crippen molar-refractivity contribution in [1.82, 2.24) is 14.9 Å². The number of ether oxygens (including phenoxy) is 1. The number of anilines is 2. The van der Waals surface area contributed by atoms with E-state index in [1.807, 2.05) is 41.3 Å². The molecule has 0 saturated carbocycles. The summed E-state index contributed by atoms with van der Waals surface area (Å²) in [7, 11) is -2.03. The van der Waals surface area contributed by atoms with Gasteiger partial charge in [-0.25, -0.2) is 8.42 Å². The molecule has 202 valence electrons. The number of nitrogens with zero attached hydrogens (tertiary/aromatic N) is 3. The van der Waals surface area contributed by atoms with Crippen LogP contribution in [-0.4, -0.2) is 36.4 Å². The van der Waals surface area contributed by atoms with Crippen LogP contribution in [0.5, 0.6) is 5.75 Å². The summed E-state index contributed by atoms with van der Waals surface area (Å²) < 4.78 is 34.5. The molecule has 0 aliphatic carbocycles. The fourth-order valence-corrected chi connectivity index (χ4v) is 6.25. The van der Waals surface area contributed by atoms with Gasteiger partial charge in [-0.1, -0.05) is 24.3 Å². The molecular formula is C29H31N5O3S2. The van der Waals surface area contributed by atoms with Crippen LogP contribution < -0.4 is 19.7 Å². The van der Waals surface area contributed by atoms with E-state index < -0.39 is 10.0 Å². The van der Waals surface area contributed by atoms with Crippen LogP contribution in [0.4, 0.5) is 11.4 Å². The molecule has 2 aromatic heterocycles. The fraction of sp³-hybridized carbons (Fsp3) is 0.241. The SMILES string of the molecule is COc1ccc(N2C(=S)N[C@@H](c3ccccn3)[C@@H]2c2cc(C)n(-c3ccccc3C)c2C)cc1NS(C)(=O)=O. The van der Waals surface area contributed by atoms with Gasteiger partial charge < -0.3 is 19.5 Å². The lowest BCUT2D eigenvalue weighted by Gasteiger charge is -2.29. The lowest BCUT2D eigenvalue weighted by Crippen LogP contribution is -2.29. The normalized spacial score (nSPS) is 17.3. The summed E-state index contributed by atoms with van der Waals surface area (Å²) in [5.74, 6) is 0.415. The number of para-hydroxylation sites is 1. The number of aromatic nitrogens is 2. The van der Waals surface area contributed by atoms with Crippen molar-refractivity contribution in [2.75, 3.05) is 23.0 Å². The first-order chi connectivity index (χ1) is 18.6. The van der Waals surface area contributed by atoms with E-state index in [-0.39, 0.29) is 12.1 Å². The highest BCUT2D eigenvalue weighted by Crippen LogP contribution is 2.45. The molecule has 1 fully saturated rings. The molecule has 0 spiro atoms. The molecule has 39 heavy (non-hydrogen) atoms. The van der Waals surface area contributed by atoms with Gasteiger partial charge in [0.25, 0.3) is 0 Å². The average Bonchev–Trinajstić information content (AvgIpc) is 3.39. The first-order valence-corrected chi connectivity index (χ1v) is 14.8. The summed E-state index contributed by atoms with van der Waals surface area (Å²) in [6.07, 6.45) is 2.89. The summed E-state index contributed by atoms with van der Waals surface area (Å²) in [5, 5.41) is 4.01. The minimum Gasteiger partial charge on any atom is -0.495 e. The predicted molar refractivity (Wildman–Crippen MR) is 159 cm³/mol. The topological polar surface area (TPSA) is 88.5 Å². The van der Waals surface area contributed by atoms with Crippen LogP contribution in [0.3, 0.4) is 0 Å². The maximum absolute atomic E-state index is 12.1. The summed E-state index contributed by atoms with van der Waals surface area (Å²) in [6.45, 7) is 6.33. The van der Waals surface area contributed by atoms with E-state index >= 15 is 0 Å². The van der Waals surface area contributed by atoms with E-state index in [1.165, 1.54) is 12.7 Å². The summed E-state index contributed by atoms with van der Waals surface area (Å²) >= 11 is 5.90. The zero-order valence-electron chi connectivity index (χ0n) is 22.5. The zero-order valence-corrected chi connectivity index (χ0v) is 24.1. The first kappa shape index (κ1) is 26.7. The molecule has 0 amide bonds.